The number of anilines is 1. The first-order valence-electron chi connectivity index (χ1n) is 7.98. The summed E-state index contributed by atoms with van der Waals surface area (Å²) in [4.78, 5) is 13.8. The molecule has 124 valence electrons. The van der Waals surface area contributed by atoms with E-state index in [2.05, 4.69) is 12.1 Å². The first-order chi connectivity index (χ1) is 11.3. The molecule has 0 saturated heterocycles. The highest BCUT2D eigenvalue weighted by Crippen LogP contribution is 2.38. The smallest absolute Gasteiger partial charge is 0.223 e. The highest BCUT2D eigenvalue weighted by molar-refractivity contribution is 5.93. The largest absolute Gasteiger partial charge is 0.369 e. The number of ether oxygens (including phenoxy) is 1. The van der Waals surface area contributed by atoms with Crippen LogP contribution in [0.25, 0.3) is 11.3 Å². The number of carbonyl (C=O) groups excluding carboxylic acids is 1. The van der Waals surface area contributed by atoms with Crippen LogP contribution in [0, 0.1) is 11.3 Å². The number of nitriles is 1. The average molecular weight is 323 g/mol. The van der Waals surface area contributed by atoms with Gasteiger partial charge in [-0.15, -0.1) is 0 Å². The third kappa shape index (κ3) is 2.59. The Morgan fingerprint density at radius 3 is 2.67 bits per heavy atom. The predicted molar refractivity (Wildman–Crippen MR) is 92.6 cm³/mol. The fraction of sp³-hybridized carbons (Fsp3) is 0.368. The summed E-state index contributed by atoms with van der Waals surface area (Å²) >= 11 is 0. The van der Waals surface area contributed by atoms with E-state index in [-0.39, 0.29) is 5.91 Å². The van der Waals surface area contributed by atoms with Crippen LogP contribution in [0.2, 0.25) is 0 Å². The van der Waals surface area contributed by atoms with E-state index in [1.807, 2.05) is 49.7 Å². The molecule has 1 aliphatic heterocycles. The zero-order chi connectivity index (χ0) is 17.5. The van der Waals surface area contributed by atoms with Gasteiger partial charge in [-0.3, -0.25) is 4.79 Å². The van der Waals surface area contributed by atoms with Crippen molar-refractivity contribution in [1.82, 2.24) is 4.57 Å². The topological polar surface area (TPSA) is 58.3 Å². The van der Waals surface area contributed by atoms with E-state index in [0.717, 1.165) is 22.5 Å². The molecule has 0 radical (unpaired) electrons. The van der Waals surface area contributed by atoms with Crippen molar-refractivity contribution in [2.45, 2.75) is 26.4 Å². The van der Waals surface area contributed by atoms with Crippen molar-refractivity contribution in [3.63, 3.8) is 0 Å². The Bertz CT molecular complexity index is 843. The second-order valence-electron chi connectivity index (χ2n) is 6.54. The molecular formula is C19H21N3O2. The van der Waals surface area contributed by atoms with Gasteiger partial charge in [-0.05, 0) is 43.7 Å². The highest BCUT2D eigenvalue weighted by atomic mass is 16.5. The third-order valence-corrected chi connectivity index (χ3v) is 4.63. The molecule has 5 nitrogen and oxygen atoms in total. The molecule has 1 aliphatic rings. The van der Waals surface area contributed by atoms with Crippen LogP contribution in [0.4, 0.5) is 5.69 Å². The second kappa shape index (κ2) is 5.81. The average Bonchev–Trinajstić information content (AvgIpc) is 2.85. The highest BCUT2D eigenvalue weighted by Gasteiger charge is 2.31. The van der Waals surface area contributed by atoms with Crippen molar-refractivity contribution in [3.05, 3.63) is 41.6 Å². The molecule has 1 amide bonds. The molecule has 0 aliphatic carbocycles. The van der Waals surface area contributed by atoms with Crippen LogP contribution in [0.15, 0.2) is 30.3 Å². The van der Waals surface area contributed by atoms with Crippen LogP contribution < -0.4 is 4.90 Å². The zero-order valence-corrected chi connectivity index (χ0v) is 14.5. The van der Waals surface area contributed by atoms with E-state index < -0.39 is 5.60 Å². The summed E-state index contributed by atoms with van der Waals surface area (Å²) in [5.41, 5.74) is 3.96. The minimum Gasteiger partial charge on any atom is -0.369 e. The van der Waals surface area contributed by atoms with Gasteiger partial charge >= 0.3 is 0 Å². The van der Waals surface area contributed by atoms with Gasteiger partial charge in [-0.1, -0.05) is 6.07 Å². The Morgan fingerprint density at radius 1 is 1.29 bits per heavy atom. The number of amides is 1. The van der Waals surface area contributed by atoms with Crippen LogP contribution in [0.5, 0.6) is 0 Å². The number of fused-ring (bicyclic) bond motifs is 1. The van der Waals surface area contributed by atoms with Gasteiger partial charge in [0.2, 0.25) is 5.91 Å². The van der Waals surface area contributed by atoms with Crippen molar-refractivity contribution in [2.75, 3.05) is 18.1 Å². The maximum atomic E-state index is 12.0. The number of aromatic nitrogens is 1. The third-order valence-electron chi connectivity index (χ3n) is 4.63. The van der Waals surface area contributed by atoms with Crippen LogP contribution >= 0.6 is 0 Å². The van der Waals surface area contributed by atoms with E-state index in [9.17, 15) is 4.79 Å². The number of hydrogen-bond acceptors (Lipinski definition) is 3. The first kappa shape index (κ1) is 16.3. The molecule has 0 N–H and O–H groups in total. The molecule has 24 heavy (non-hydrogen) atoms. The maximum Gasteiger partial charge on any atom is 0.223 e. The Balaban J connectivity index is 2.17. The molecule has 0 atom stereocenters. The van der Waals surface area contributed by atoms with Gasteiger partial charge in [0.1, 0.15) is 11.8 Å². The number of hydrogen-bond donors (Lipinski definition) is 0. The predicted octanol–water partition coefficient (Wildman–Crippen LogP) is 3.18. The van der Waals surface area contributed by atoms with Crippen LogP contribution in [-0.2, 0) is 22.2 Å². The molecule has 2 aromatic rings. The van der Waals surface area contributed by atoms with E-state index in [0.29, 0.717) is 18.8 Å². The molecule has 0 saturated carbocycles. The van der Waals surface area contributed by atoms with E-state index in [4.69, 9.17) is 10.00 Å². The minimum atomic E-state index is -0.487. The molecule has 5 heteroatoms. The van der Waals surface area contributed by atoms with Gasteiger partial charge < -0.3 is 14.2 Å². The van der Waals surface area contributed by atoms with E-state index >= 15 is 0 Å². The molecule has 2 heterocycles. The minimum absolute atomic E-state index is 0.0101. The van der Waals surface area contributed by atoms with Crippen molar-refractivity contribution in [1.29, 1.82) is 5.26 Å². The van der Waals surface area contributed by atoms with Crippen molar-refractivity contribution in [3.8, 4) is 17.3 Å². The second-order valence-corrected chi connectivity index (χ2v) is 6.54. The van der Waals surface area contributed by atoms with Gasteiger partial charge in [0.25, 0.3) is 0 Å². The quantitative estimate of drug-likeness (QED) is 0.810. The fourth-order valence-corrected chi connectivity index (χ4v) is 3.24. The molecule has 1 aromatic carbocycles. The van der Waals surface area contributed by atoms with Crippen LogP contribution in [0.1, 0.15) is 32.0 Å². The van der Waals surface area contributed by atoms with Crippen LogP contribution in [-0.4, -0.2) is 23.6 Å². The lowest BCUT2D eigenvalue weighted by atomic mass is 9.93. The summed E-state index contributed by atoms with van der Waals surface area (Å²) in [7, 11) is 1.88. The molecule has 1 aromatic heterocycles. The summed E-state index contributed by atoms with van der Waals surface area (Å²) in [6.07, 6.45) is 0. The standard InChI is InChI=1S/C19H21N3O2/c1-13(23)22-9-10-24-19(2,3)16-11-14(5-7-18(16)22)17-8-6-15(12-20)21(17)4/h5-8,11H,9-10H2,1-4H3. The lowest BCUT2D eigenvalue weighted by molar-refractivity contribution is -0.116. The van der Waals surface area contributed by atoms with E-state index in [1.165, 1.54) is 0 Å². The Morgan fingerprint density at radius 2 is 2.04 bits per heavy atom. The molecule has 3 rings (SSSR count). The molecule has 0 unspecified atom stereocenters. The van der Waals surface area contributed by atoms with Gasteiger partial charge in [-0.2, -0.15) is 5.26 Å². The van der Waals surface area contributed by atoms with Gasteiger partial charge in [0.05, 0.1) is 12.2 Å². The summed E-state index contributed by atoms with van der Waals surface area (Å²) in [6, 6.07) is 12.0. The normalized spacial score (nSPS) is 16.2. The Hall–Kier alpha value is -2.58. The number of carbonyl (C=O) groups is 1. The van der Waals surface area contributed by atoms with Gasteiger partial charge in [0, 0.05) is 37.5 Å². The van der Waals surface area contributed by atoms with E-state index in [1.54, 1.807) is 11.8 Å². The number of nitrogens with zero attached hydrogens (tertiary/aromatic N) is 3. The van der Waals surface area contributed by atoms with Crippen LogP contribution in [0.3, 0.4) is 0 Å². The summed E-state index contributed by atoms with van der Waals surface area (Å²) < 4.78 is 7.86. The SMILES string of the molecule is CC(=O)N1CCOC(C)(C)c2cc(-c3ccc(C#N)n3C)ccc21. The van der Waals surface area contributed by atoms with Gasteiger partial charge in [-0.25, -0.2) is 0 Å². The molecule has 0 fully saturated rings. The zero-order valence-electron chi connectivity index (χ0n) is 14.5. The Kier molecular flexibility index (Phi) is 3.94. The number of rotatable bonds is 1. The van der Waals surface area contributed by atoms with Crippen molar-refractivity contribution in [2.24, 2.45) is 7.05 Å². The lowest BCUT2D eigenvalue weighted by Crippen LogP contribution is -2.30. The maximum absolute atomic E-state index is 12.0. The number of benzene rings is 1. The first-order valence-corrected chi connectivity index (χ1v) is 7.98. The Labute approximate surface area is 142 Å². The lowest BCUT2D eigenvalue weighted by Gasteiger charge is -2.27. The van der Waals surface area contributed by atoms with Crippen molar-refractivity contribution >= 4 is 11.6 Å². The summed E-state index contributed by atoms with van der Waals surface area (Å²) in [5.74, 6) is 0.0101. The molecule has 0 spiro atoms. The van der Waals surface area contributed by atoms with Crippen molar-refractivity contribution < 1.29 is 9.53 Å². The van der Waals surface area contributed by atoms with Gasteiger partial charge in [0.15, 0.2) is 0 Å². The summed E-state index contributed by atoms with van der Waals surface area (Å²) in [6.45, 7) is 6.66. The monoisotopic (exact) mass is 323 g/mol. The summed E-state index contributed by atoms with van der Waals surface area (Å²) in [5, 5.41) is 9.15. The fourth-order valence-electron chi connectivity index (χ4n) is 3.24. The molecular weight excluding hydrogens is 302 g/mol. The molecule has 0 bridgehead atoms.